The summed E-state index contributed by atoms with van der Waals surface area (Å²) in [5.41, 5.74) is 1.76. The van der Waals surface area contributed by atoms with Crippen LogP contribution < -0.4 is 15.4 Å². The molecule has 28 heavy (non-hydrogen) atoms. The number of nitrogens with one attached hydrogen (secondary N) is 3. The predicted octanol–water partition coefficient (Wildman–Crippen LogP) is 2.83. The number of aromatic nitrogens is 4. The molecule has 0 bridgehead atoms. The summed E-state index contributed by atoms with van der Waals surface area (Å²) in [6, 6.07) is 16.0. The molecule has 0 aliphatic heterocycles. The quantitative estimate of drug-likeness (QED) is 0.542. The predicted molar refractivity (Wildman–Crippen MR) is 103 cm³/mol. The normalized spacial score (nSPS) is 10.8. The van der Waals surface area contributed by atoms with E-state index < -0.39 is 0 Å². The van der Waals surface area contributed by atoms with Gasteiger partial charge >= 0.3 is 0 Å². The van der Waals surface area contributed by atoms with Gasteiger partial charge in [-0.3, -0.25) is 4.79 Å². The van der Waals surface area contributed by atoms with Crippen LogP contribution in [0.1, 0.15) is 23.1 Å². The van der Waals surface area contributed by atoms with Gasteiger partial charge in [-0.05, 0) is 48.5 Å². The molecule has 9 nitrogen and oxygen atoms in total. The first kappa shape index (κ1) is 18.6. The van der Waals surface area contributed by atoms with Gasteiger partial charge in [-0.1, -0.05) is 12.1 Å². The molecular weight excluding hydrogens is 358 g/mol. The summed E-state index contributed by atoms with van der Waals surface area (Å²) in [6.45, 7) is 2.48. The summed E-state index contributed by atoms with van der Waals surface area (Å²) in [6.07, 6.45) is 1.42. The molecule has 0 unspecified atom stereocenters. The Labute approximate surface area is 161 Å². The minimum Gasteiger partial charge on any atom is -0.494 e. The van der Waals surface area contributed by atoms with Crippen LogP contribution in [0.5, 0.6) is 5.75 Å². The van der Waals surface area contributed by atoms with E-state index in [0.29, 0.717) is 23.5 Å². The Morgan fingerprint density at radius 3 is 2.71 bits per heavy atom. The average Bonchev–Trinajstić information content (AvgIpc) is 3.25. The van der Waals surface area contributed by atoms with E-state index in [2.05, 4.69) is 31.3 Å². The number of hydrogen-bond donors (Lipinski definition) is 3. The average molecular weight is 375 g/mol. The standard InChI is InChI=1S/C19H17N7O2/c1-2-28-15-9-7-14(8-10-15)22-19(27)16-5-3-4-6-17(16)21-12-13(11-20)18-23-25-26-24-18/h3-10,12,21H,2H2,1H3,(H,22,27)(H,23,24,25,26). The highest BCUT2D eigenvalue weighted by Crippen LogP contribution is 2.20. The van der Waals surface area contributed by atoms with Crippen molar-refractivity contribution in [2.24, 2.45) is 0 Å². The number of allylic oxidation sites excluding steroid dienone is 1. The number of amides is 1. The molecular formula is C19H17N7O2. The van der Waals surface area contributed by atoms with E-state index in [9.17, 15) is 10.1 Å². The molecule has 1 aromatic heterocycles. The maximum atomic E-state index is 12.7. The van der Waals surface area contributed by atoms with Crippen molar-refractivity contribution in [2.75, 3.05) is 17.2 Å². The third kappa shape index (κ3) is 4.50. The van der Waals surface area contributed by atoms with Crippen LogP contribution in [-0.4, -0.2) is 33.1 Å². The topological polar surface area (TPSA) is 129 Å². The van der Waals surface area contributed by atoms with Crippen LogP contribution in [0, 0.1) is 11.3 Å². The highest BCUT2D eigenvalue weighted by atomic mass is 16.5. The van der Waals surface area contributed by atoms with Crippen LogP contribution in [0.25, 0.3) is 5.57 Å². The molecule has 3 rings (SSSR count). The fraction of sp³-hybridized carbons (Fsp3) is 0.105. The Morgan fingerprint density at radius 2 is 2.04 bits per heavy atom. The molecule has 1 heterocycles. The molecule has 2 aromatic carbocycles. The molecule has 0 spiro atoms. The van der Waals surface area contributed by atoms with E-state index in [1.165, 1.54) is 6.20 Å². The van der Waals surface area contributed by atoms with Crippen molar-refractivity contribution in [1.82, 2.24) is 20.6 Å². The van der Waals surface area contributed by atoms with Gasteiger partial charge in [0.1, 0.15) is 17.4 Å². The fourth-order valence-corrected chi connectivity index (χ4v) is 2.38. The molecule has 0 radical (unpaired) electrons. The second-order valence-electron chi connectivity index (χ2n) is 5.51. The third-order valence-corrected chi connectivity index (χ3v) is 3.67. The Kier molecular flexibility index (Phi) is 5.95. The molecule has 0 saturated heterocycles. The first-order valence-electron chi connectivity index (χ1n) is 8.45. The number of anilines is 2. The van der Waals surface area contributed by atoms with Crippen molar-refractivity contribution in [3.8, 4) is 11.8 Å². The maximum Gasteiger partial charge on any atom is 0.257 e. The zero-order valence-corrected chi connectivity index (χ0v) is 15.0. The number of carbonyl (C=O) groups excluding carboxylic acids is 1. The van der Waals surface area contributed by atoms with Crippen molar-refractivity contribution in [3.05, 3.63) is 66.1 Å². The number of carbonyl (C=O) groups is 1. The van der Waals surface area contributed by atoms with Gasteiger partial charge in [0, 0.05) is 11.9 Å². The molecule has 9 heteroatoms. The lowest BCUT2D eigenvalue weighted by Gasteiger charge is -2.11. The van der Waals surface area contributed by atoms with Crippen molar-refractivity contribution < 1.29 is 9.53 Å². The van der Waals surface area contributed by atoms with Gasteiger partial charge in [-0.25, -0.2) is 0 Å². The fourth-order valence-electron chi connectivity index (χ4n) is 2.38. The number of tetrazole rings is 1. The Morgan fingerprint density at radius 1 is 1.25 bits per heavy atom. The number of ether oxygens (including phenoxy) is 1. The minimum atomic E-state index is -0.293. The Bertz CT molecular complexity index is 1010. The maximum absolute atomic E-state index is 12.7. The van der Waals surface area contributed by atoms with Crippen molar-refractivity contribution in [1.29, 1.82) is 5.26 Å². The Hall–Kier alpha value is -4.19. The van der Waals surface area contributed by atoms with Crippen LogP contribution in [0.15, 0.2) is 54.7 Å². The molecule has 0 fully saturated rings. The van der Waals surface area contributed by atoms with Crippen LogP contribution in [0.4, 0.5) is 11.4 Å². The number of benzene rings is 2. The second-order valence-corrected chi connectivity index (χ2v) is 5.51. The van der Waals surface area contributed by atoms with Crippen LogP contribution >= 0.6 is 0 Å². The number of nitrogens with zero attached hydrogens (tertiary/aromatic N) is 4. The van der Waals surface area contributed by atoms with E-state index in [1.54, 1.807) is 48.5 Å². The highest BCUT2D eigenvalue weighted by Gasteiger charge is 2.12. The van der Waals surface area contributed by atoms with Gasteiger partial charge in [-0.15, -0.1) is 10.2 Å². The lowest BCUT2D eigenvalue weighted by Crippen LogP contribution is -2.13. The van der Waals surface area contributed by atoms with Gasteiger partial charge in [-0.2, -0.15) is 10.5 Å². The molecule has 3 aromatic rings. The number of rotatable bonds is 7. The summed E-state index contributed by atoms with van der Waals surface area (Å²) in [5.74, 6) is 0.600. The molecule has 140 valence electrons. The van der Waals surface area contributed by atoms with E-state index in [4.69, 9.17) is 4.74 Å². The smallest absolute Gasteiger partial charge is 0.257 e. The highest BCUT2D eigenvalue weighted by molar-refractivity contribution is 6.08. The first-order valence-corrected chi connectivity index (χ1v) is 8.45. The summed E-state index contributed by atoms with van der Waals surface area (Å²) >= 11 is 0. The van der Waals surface area contributed by atoms with Gasteiger partial charge in [0.25, 0.3) is 5.91 Å². The molecule has 0 aliphatic rings. The number of hydrogen-bond acceptors (Lipinski definition) is 7. The first-order chi connectivity index (χ1) is 13.7. The summed E-state index contributed by atoms with van der Waals surface area (Å²) in [7, 11) is 0. The third-order valence-electron chi connectivity index (χ3n) is 3.67. The summed E-state index contributed by atoms with van der Waals surface area (Å²) in [4.78, 5) is 12.7. The van der Waals surface area contributed by atoms with Gasteiger partial charge < -0.3 is 15.4 Å². The summed E-state index contributed by atoms with van der Waals surface area (Å²) < 4.78 is 5.39. The van der Waals surface area contributed by atoms with Crippen LogP contribution in [0.3, 0.4) is 0 Å². The van der Waals surface area contributed by atoms with Crippen LogP contribution in [-0.2, 0) is 0 Å². The van der Waals surface area contributed by atoms with Crippen molar-refractivity contribution in [2.45, 2.75) is 6.92 Å². The summed E-state index contributed by atoms with van der Waals surface area (Å²) in [5, 5.41) is 28.3. The zero-order chi connectivity index (χ0) is 19.8. The van der Waals surface area contributed by atoms with E-state index >= 15 is 0 Å². The molecule has 0 saturated carbocycles. The van der Waals surface area contributed by atoms with Crippen molar-refractivity contribution >= 4 is 22.9 Å². The van der Waals surface area contributed by atoms with E-state index in [1.807, 2.05) is 13.0 Å². The molecule has 3 N–H and O–H groups in total. The number of aromatic amines is 1. The molecule has 0 atom stereocenters. The lowest BCUT2D eigenvalue weighted by atomic mass is 10.1. The molecule has 1 amide bonds. The number of H-pyrrole nitrogens is 1. The largest absolute Gasteiger partial charge is 0.494 e. The Balaban J connectivity index is 1.76. The van der Waals surface area contributed by atoms with Crippen molar-refractivity contribution in [3.63, 3.8) is 0 Å². The van der Waals surface area contributed by atoms with E-state index in [-0.39, 0.29) is 17.3 Å². The SMILES string of the molecule is CCOc1ccc(NC(=O)c2ccccc2NC=C(C#N)c2nn[nH]n2)cc1. The van der Waals surface area contributed by atoms with Crippen LogP contribution in [0.2, 0.25) is 0 Å². The van der Waals surface area contributed by atoms with Gasteiger partial charge in [0.15, 0.2) is 0 Å². The van der Waals surface area contributed by atoms with Gasteiger partial charge in [0.05, 0.1) is 17.9 Å². The zero-order valence-electron chi connectivity index (χ0n) is 15.0. The number of para-hydroxylation sites is 1. The minimum absolute atomic E-state index is 0.159. The van der Waals surface area contributed by atoms with Gasteiger partial charge in [0.2, 0.25) is 5.82 Å². The number of nitriles is 1. The lowest BCUT2D eigenvalue weighted by molar-refractivity contribution is 0.102. The second kappa shape index (κ2) is 8.95. The monoisotopic (exact) mass is 375 g/mol. The molecule has 0 aliphatic carbocycles. The van der Waals surface area contributed by atoms with E-state index in [0.717, 1.165) is 5.75 Å².